The van der Waals surface area contributed by atoms with Crippen molar-refractivity contribution >= 4 is 11.6 Å². The van der Waals surface area contributed by atoms with Gasteiger partial charge in [0.1, 0.15) is 0 Å². The summed E-state index contributed by atoms with van der Waals surface area (Å²) in [4.78, 5) is 12.4. The molecule has 116 valence electrons. The zero-order valence-electron chi connectivity index (χ0n) is 13.1. The van der Waals surface area contributed by atoms with E-state index in [1.165, 1.54) is 25.7 Å². The number of aryl methyl sites for hydroxylation is 1. The number of hydrazine groups is 1. The Balaban J connectivity index is 1.90. The van der Waals surface area contributed by atoms with E-state index in [0.717, 1.165) is 35.6 Å². The molecule has 0 bridgehead atoms. The number of hydrogen-bond acceptors (Lipinski definition) is 3. The number of benzene rings is 1. The van der Waals surface area contributed by atoms with Crippen molar-refractivity contribution in [2.75, 3.05) is 5.43 Å². The number of nitrogens with two attached hydrogens (primary N) is 1. The normalized spacial score (nSPS) is 21.9. The minimum absolute atomic E-state index is 0.0370. The standard InChI is InChI=1S/C17H27N3O/c1-3-4-13-5-7-14(8-6-13)19-17(21)16-10-9-15(20-18)11-12(16)2/h9-11,13-14,20H,3-8,18H2,1-2H3,(H,19,21). The molecule has 1 fully saturated rings. The third-order valence-electron chi connectivity index (χ3n) is 4.52. The number of nitrogens with one attached hydrogen (secondary N) is 2. The first-order valence-corrected chi connectivity index (χ1v) is 8.02. The molecule has 1 aliphatic rings. The number of anilines is 1. The van der Waals surface area contributed by atoms with Crippen LogP contribution in [0.3, 0.4) is 0 Å². The average Bonchev–Trinajstić information content (AvgIpc) is 2.49. The SMILES string of the molecule is CCCC1CCC(NC(=O)c2ccc(NN)cc2C)CC1. The molecule has 0 unspecified atom stereocenters. The fraction of sp³-hybridized carbons (Fsp3) is 0.588. The number of hydrogen-bond donors (Lipinski definition) is 3. The molecule has 1 saturated carbocycles. The van der Waals surface area contributed by atoms with Gasteiger partial charge >= 0.3 is 0 Å². The Morgan fingerprint density at radius 3 is 2.57 bits per heavy atom. The maximum Gasteiger partial charge on any atom is 0.251 e. The van der Waals surface area contributed by atoms with Gasteiger partial charge in [-0.2, -0.15) is 0 Å². The third kappa shape index (κ3) is 4.21. The minimum Gasteiger partial charge on any atom is -0.349 e. The van der Waals surface area contributed by atoms with Crippen molar-refractivity contribution in [1.29, 1.82) is 0 Å². The van der Waals surface area contributed by atoms with E-state index in [0.29, 0.717) is 6.04 Å². The molecule has 0 atom stereocenters. The van der Waals surface area contributed by atoms with Crippen LogP contribution in [0.25, 0.3) is 0 Å². The van der Waals surface area contributed by atoms with Crippen LogP contribution in [0.5, 0.6) is 0 Å². The fourth-order valence-corrected chi connectivity index (χ4v) is 3.28. The van der Waals surface area contributed by atoms with Crippen molar-refractivity contribution in [3.05, 3.63) is 29.3 Å². The maximum absolute atomic E-state index is 12.4. The van der Waals surface area contributed by atoms with Gasteiger partial charge in [0.15, 0.2) is 0 Å². The molecule has 0 spiro atoms. The lowest BCUT2D eigenvalue weighted by Gasteiger charge is -2.29. The van der Waals surface area contributed by atoms with E-state index in [9.17, 15) is 4.79 Å². The summed E-state index contributed by atoms with van der Waals surface area (Å²) in [7, 11) is 0. The van der Waals surface area contributed by atoms with Gasteiger partial charge in [-0.25, -0.2) is 0 Å². The first-order chi connectivity index (χ1) is 10.1. The summed E-state index contributed by atoms with van der Waals surface area (Å²) in [5.41, 5.74) is 5.11. The fourth-order valence-electron chi connectivity index (χ4n) is 3.28. The molecular formula is C17H27N3O. The topological polar surface area (TPSA) is 67.2 Å². The van der Waals surface area contributed by atoms with E-state index in [1.807, 2.05) is 25.1 Å². The summed E-state index contributed by atoms with van der Waals surface area (Å²) in [6, 6.07) is 5.90. The zero-order valence-corrected chi connectivity index (χ0v) is 13.1. The smallest absolute Gasteiger partial charge is 0.251 e. The molecule has 0 saturated heterocycles. The van der Waals surface area contributed by atoms with E-state index < -0.39 is 0 Å². The van der Waals surface area contributed by atoms with Crippen LogP contribution in [0, 0.1) is 12.8 Å². The van der Waals surface area contributed by atoms with Crippen molar-refractivity contribution in [3.63, 3.8) is 0 Å². The Labute approximate surface area is 127 Å². The molecule has 4 heteroatoms. The van der Waals surface area contributed by atoms with Crippen molar-refractivity contribution in [1.82, 2.24) is 5.32 Å². The Morgan fingerprint density at radius 2 is 2.00 bits per heavy atom. The number of nitrogen functional groups attached to an aromatic ring is 1. The highest BCUT2D eigenvalue weighted by Crippen LogP contribution is 2.28. The summed E-state index contributed by atoms with van der Waals surface area (Å²) in [5, 5.41) is 3.19. The molecule has 1 aromatic rings. The first-order valence-electron chi connectivity index (χ1n) is 8.02. The molecular weight excluding hydrogens is 262 g/mol. The molecule has 21 heavy (non-hydrogen) atoms. The van der Waals surface area contributed by atoms with E-state index >= 15 is 0 Å². The van der Waals surface area contributed by atoms with Crippen LogP contribution in [0.1, 0.15) is 61.4 Å². The molecule has 1 aliphatic carbocycles. The van der Waals surface area contributed by atoms with Crippen LogP contribution in [-0.2, 0) is 0 Å². The highest BCUT2D eigenvalue weighted by molar-refractivity contribution is 5.96. The van der Waals surface area contributed by atoms with Gasteiger partial charge in [-0.1, -0.05) is 19.8 Å². The van der Waals surface area contributed by atoms with Gasteiger partial charge in [0, 0.05) is 17.3 Å². The quantitative estimate of drug-likeness (QED) is 0.575. The maximum atomic E-state index is 12.4. The Hall–Kier alpha value is -1.55. The van der Waals surface area contributed by atoms with Crippen LogP contribution < -0.4 is 16.6 Å². The molecule has 1 aromatic carbocycles. The minimum atomic E-state index is 0.0370. The Bertz CT molecular complexity index is 479. The molecule has 0 aliphatic heterocycles. The number of carbonyl (C=O) groups excluding carboxylic acids is 1. The van der Waals surface area contributed by atoms with Crippen LogP contribution in [0.2, 0.25) is 0 Å². The Morgan fingerprint density at radius 1 is 1.29 bits per heavy atom. The van der Waals surface area contributed by atoms with Crippen LogP contribution in [-0.4, -0.2) is 11.9 Å². The van der Waals surface area contributed by atoms with Gasteiger partial charge in [0.25, 0.3) is 5.91 Å². The lowest BCUT2D eigenvalue weighted by molar-refractivity contribution is 0.0920. The zero-order chi connectivity index (χ0) is 15.2. The van der Waals surface area contributed by atoms with Gasteiger partial charge in [0.05, 0.1) is 0 Å². The first kappa shape index (κ1) is 15.8. The van der Waals surface area contributed by atoms with E-state index in [-0.39, 0.29) is 5.91 Å². The Kier molecular flexibility index (Phi) is 5.62. The summed E-state index contributed by atoms with van der Waals surface area (Å²) < 4.78 is 0. The number of amides is 1. The average molecular weight is 289 g/mol. The summed E-state index contributed by atoms with van der Waals surface area (Å²) in [6.07, 6.45) is 7.30. The largest absolute Gasteiger partial charge is 0.349 e. The lowest BCUT2D eigenvalue weighted by atomic mass is 9.83. The predicted molar refractivity (Wildman–Crippen MR) is 87.1 cm³/mol. The lowest BCUT2D eigenvalue weighted by Crippen LogP contribution is -2.37. The van der Waals surface area contributed by atoms with Crippen LogP contribution >= 0.6 is 0 Å². The molecule has 0 radical (unpaired) electrons. The molecule has 0 heterocycles. The monoisotopic (exact) mass is 289 g/mol. The second kappa shape index (κ2) is 7.46. The number of rotatable bonds is 5. The van der Waals surface area contributed by atoms with Gasteiger partial charge in [0.2, 0.25) is 0 Å². The summed E-state index contributed by atoms with van der Waals surface area (Å²) in [5.74, 6) is 6.28. The van der Waals surface area contributed by atoms with Crippen molar-refractivity contribution < 1.29 is 4.79 Å². The second-order valence-electron chi connectivity index (χ2n) is 6.15. The van der Waals surface area contributed by atoms with Gasteiger partial charge in [-0.05, 0) is 62.3 Å². The molecule has 2 rings (SSSR count). The highest BCUT2D eigenvalue weighted by atomic mass is 16.1. The summed E-state index contributed by atoms with van der Waals surface area (Å²) >= 11 is 0. The van der Waals surface area contributed by atoms with Gasteiger partial charge in [-0.3, -0.25) is 10.6 Å². The van der Waals surface area contributed by atoms with Crippen molar-refractivity contribution in [2.24, 2.45) is 11.8 Å². The van der Waals surface area contributed by atoms with Gasteiger partial charge < -0.3 is 10.7 Å². The van der Waals surface area contributed by atoms with Gasteiger partial charge in [-0.15, -0.1) is 0 Å². The van der Waals surface area contributed by atoms with Crippen LogP contribution in [0.15, 0.2) is 18.2 Å². The van der Waals surface area contributed by atoms with Crippen molar-refractivity contribution in [2.45, 2.75) is 58.4 Å². The molecule has 4 N–H and O–H groups in total. The summed E-state index contributed by atoms with van der Waals surface area (Å²) in [6.45, 7) is 4.18. The highest BCUT2D eigenvalue weighted by Gasteiger charge is 2.22. The number of carbonyl (C=O) groups is 1. The predicted octanol–water partition coefficient (Wildman–Crippen LogP) is 3.37. The van der Waals surface area contributed by atoms with E-state index in [2.05, 4.69) is 17.7 Å². The molecule has 1 amide bonds. The third-order valence-corrected chi connectivity index (χ3v) is 4.52. The second-order valence-corrected chi connectivity index (χ2v) is 6.15. The van der Waals surface area contributed by atoms with Crippen LogP contribution in [0.4, 0.5) is 5.69 Å². The van der Waals surface area contributed by atoms with Crippen molar-refractivity contribution in [3.8, 4) is 0 Å². The van der Waals surface area contributed by atoms with E-state index in [1.54, 1.807) is 0 Å². The molecule has 4 nitrogen and oxygen atoms in total. The van der Waals surface area contributed by atoms with E-state index in [4.69, 9.17) is 5.84 Å². The molecule has 0 aromatic heterocycles.